The second kappa shape index (κ2) is 7.31. The van der Waals surface area contributed by atoms with Gasteiger partial charge in [0.25, 0.3) is 11.8 Å². The van der Waals surface area contributed by atoms with Crippen molar-refractivity contribution in [3.8, 4) is 0 Å². The molecular weight excluding hydrogens is 392 g/mol. The molecule has 1 saturated heterocycles. The van der Waals surface area contributed by atoms with Crippen LogP contribution < -0.4 is 5.73 Å². The van der Waals surface area contributed by atoms with Gasteiger partial charge in [0.2, 0.25) is 10.0 Å². The zero-order valence-electron chi connectivity index (χ0n) is 16.3. The number of nitrogens with zero attached hydrogens (tertiary/aromatic N) is 3. The third kappa shape index (κ3) is 3.56. The predicted octanol–water partition coefficient (Wildman–Crippen LogP) is 0.759. The highest BCUT2D eigenvalue weighted by Crippen LogP contribution is 2.24. The van der Waals surface area contributed by atoms with Gasteiger partial charge in [0.15, 0.2) is 0 Å². The predicted molar refractivity (Wildman–Crippen MR) is 107 cm³/mol. The third-order valence-corrected chi connectivity index (χ3v) is 7.61. The highest BCUT2D eigenvalue weighted by atomic mass is 32.2. The summed E-state index contributed by atoms with van der Waals surface area (Å²) >= 11 is 0. The highest BCUT2D eigenvalue weighted by Gasteiger charge is 2.32. The number of amides is 2. The number of nitrogens with two attached hydrogens (primary N) is 1. The molecule has 0 unspecified atom stereocenters. The van der Waals surface area contributed by atoms with E-state index in [4.69, 9.17) is 5.73 Å². The largest absolute Gasteiger partial charge is 0.364 e. The molecule has 2 heterocycles. The van der Waals surface area contributed by atoms with E-state index < -0.39 is 15.9 Å². The number of benzene rings is 1. The second-order valence-electron chi connectivity index (χ2n) is 7.57. The monoisotopic (exact) mass is 416 g/mol. The van der Waals surface area contributed by atoms with Crippen LogP contribution in [0.4, 0.5) is 0 Å². The van der Waals surface area contributed by atoms with E-state index in [1.54, 1.807) is 11.9 Å². The van der Waals surface area contributed by atoms with Gasteiger partial charge in [0.1, 0.15) is 10.6 Å². The van der Waals surface area contributed by atoms with Crippen molar-refractivity contribution in [1.82, 2.24) is 13.8 Å². The number of aryl methyl sites for hydroxylation is 3. The molecule has 0 bridgehead atoms. The van der Waals surface area contributed by atoms with Crippen LogP contribution in [0.3, 0.4) is 0 Å². The van der Waals surface area contributed by atoms with Gasteiger partial charge in [-0.3, -0.25) is 9.59 Å². The number of carbonyl (C=O) groups is 2. The molecule has 0 saturated carbocycles. The van der Waals surface area contributed by atoms with Crippen molar-refractivity contribution in [3.05, 3.63) is 52.8 Å². The van der Waals surface area contributed by atoms with Crippen LogP contribution in [0.25, 0.3) is 0 Å². The Bertz CT molecular complexity index is 1080. The Hall–Kier alpha value is -2.65. The molecule has 2 N–H and O–H groups in total. The number of primary amides is 1. The Morgan fingerprint density at radius 2 is 1.69 bits per heavy atom. The molecule has 1 aromatic carbocycles. The molecule has 0 radical (unpaired) electrons. The fourth-order valence-electron chi connectivity index (χ4n) is 4.09. The molecular formula is C20H24N4O4S. The summed E-state index contributed by atoms with van der Waals surface area (Å²) in [5.41, 5.74) is 8.63. The number of hydrogen-bond acceptors (Lipinski definition) is 4. The van der Waals surface area contributed by atoms with E-state index in [0.29, 0.717) is 18.7 Å². The SMILES string of the molecule is Cn1cc(S(=O)(=O)N2CCN(C(=O)c3ccc4c(c3)CCC4)CC2)cc1C(N)=O. The zero-order chi connectivity index (χ0) is 20.8. The summed E-state index contributed by atoms with van der Waals surface area (Å²) in [7, 11) is -2.18. The lowest BCUT2D eigenvalue weighted by Crippen LogP contribution is -2.50. The van der Waals surface area contributed by atoms with E-state index in [0.717, 1.165) is 19.3 Å². The molecule has 2 aliphatic rings. The van der Waals surface area contributed by atoms with Crippen molar-refractivity contribution in [2.75, 3.05) is 26.2 Å². The smallest absolute Gasteiger partial charge is 0.265 e. The van der Waals surface area contributed by atoms with Crippen molar-refractivity contribution in [3.63, 3.8) is 0 Å². The Kier molecular flexibility index (Phi) is 4.95. The van der Waals surface area contributed by atoms with E-state index in [2.05, 4.69) is 0 Å². The van der Waals surface area contributed by atoms with Crippen molar-refractivity contribution in [2.24, 2.45) is 12.8 Å². The lowest BCUT2D eigenvalue weighted by molar-refractivity contribution is 0.0697. The minimum Gasteiger partial charge on any atom is -0.364 e. The standard InChI is InChI=1S/C20H24N4O4S/c1-22-13-17(12-18(22)19(21)25)29(27,28)24-9-7-23(8-10-24)20(26)16-6-5-14-3-2-4-15(14)11-16/h5-6,11-13H,2-4,7-10H2,1H3,(H2,21,25). The summed E-state index contributed by atoms with van der Waals surface area (Å²) in [4.78, 5) is 26.0. The molecule has 8 nitrogen and oxygen atoms in total. The first kappa shape index (κ1) is 19.7. The van der Waals surface area contributed by atoms with Crippen LogP contribution in [0, 0.1) is 0 Å². The Morgan fingerprint density at radius 1 is 1.00 bits per heavy atom. The van der Waals surface area contributed by atoms with E-state index in [1.165, 1.54) is 32.3 Å². The average molecular weight is 417 g/mol. The van der Waals surface area contributed by atoms with Crippen molar-refractivity contribution < 1.29 is 18.0 Å². The van der Waals surface area contributed by atoms with Gasteiger partial charge in [-0.1, -0.05) is 6.07 Å². The van der Waals surface area contributed by atoms with Crippen LogP contribution in [0.5, 0.6) is 0 Å². The number of fused-ring (bicyclic) bond motifs is 1. The molecule has 4 rings (SSSR count). The first-order valence-corrected chi connectivity index (χ1v) is 11.1. The average Bonchev–Trinajstić information content (AvgIpc) is 3.33. The van der Waals surface area contributed by atoms with Crippen LogP contribution in [0.2, 0.25) is 0 Å². The topological polar surface area (TPSA) is 106 Å². The number of piperazine rings is 1. The number of rotatable bonds is 4. The lowest BCUT2D eigenvalue weighted by Gasteiger charge is -2.34. The number of hydrogen-bond donors (Lipinski definition) is 1. The van der Waals surface area contributed by atoms with Gasteiger partial charge in [-0.2, -0.15) is 4.31 Å². The minimum atomic E-state index is -3.75. The summed E-state index contributed by atoms with van der Waals surface area (Å²) < 4.78 is 28.6. The molecule has 0 spiro atoms. The van der Waals surface area contributed by atoms with Gasteiger partial charge >= 0.3 is 0 Å². The van der Waals surface area contributed by atoms with Crippen LogP contribution in [-0.4, -0.2) is 60.2 Å². The molecule has 1 aromatic heterocycles. The van der Waals surface area contributed by atoms with E-state index >= 15 is 0 Å². The molecule has 1 aliphatic carbocycles. The minimum absolute atomic E-state index is 0.0344. The number of sulfonamides is 1. The molecule has 1 fully saturated rings. The number of aromatic nitrogens is 1. The van der Waals surface area contributed by atoms with Crippen LogP contribution >= 0.6 is 0 Å². The zero-order valence-corrected chi connectivity index (χ0v) is 17.1. The quantitative estimate of drug-likeness (QED) is 0.794. The van der Waals surface area contributed by atoms with E-state index in [-0.39, 0.29) is 29.6 Å². The second-order valence-corrected chi connectivity index (χ2v) is 9.51. The van der Waals surface area contributed by atoms with E-state index in [9.17, 15) is 18.0 Å². The van der Waals surface area contributed by atoms with Crippen molar-refractivity contribution in [1.29, 1.82) is 0 Å². The van der Waals surface area contributed by atoms with Gasteiger partial charge in [-0.25, -0.2) is 8.42 Å². The van der Waals surface area contributed by atoms with Gasteiger partial charge in [0, 0.05) is 45.0 Å². The molecule has 2 amide bonds. The molecule has 0 atom stereocenters. The summed E-state index contributed by atoms with van der Waals surface area (Å²) in [6.45, 7) is 1.06. The summed E-state index contributed by atoms with van der Waals surface area (Å²) in [6.07, 6.45) is 4.59. The van der Waals surface area contributed by atoms with Gasteiger partial charge in [-0.15, -0.1) is 0 Å². The first-order valence-electron chi connectivity index (χ1n) is 9.65. The third-order valence-electron chi connectivity index (χ3n) is 5.74. The summed E-state index contributed by atoms with van der Waals surface area (Å²) in [5.74, 6) is -0.744. The summed E-state index contributed by atoms with van der Waals surface area (Å²) in [6, 6.07) is 7.16. The molecule has 29 heavy (non-hydrogen) atoms. The van der Waals surface area contributed by atoms with E-state index in [1.807, 2.05) is 18.2 Å². The molecule has 9 heteroatoms. The van der Waals surface area contributed by atoms with Crippen molar-refractivity contribution in [2.45, 2.75) is 24.2 Å². The molecule has 154 valence electrons. The van der Waals surface area contributed by atoms with Gasteiger partial charge in [0.05, 0.1) is 0 Å². The fourth-order valence-corrected chi connectivity index (χ4v) is 5.58. The van der Waals surface area contributed by atoms with Gasteiger partial charge in [-0.05, 0) is 48.6 Å². The van der Waals surface area contributed by atoms with Crippen LogP contribution in [0.1, 0.15) is 38.4 Å². The Labute approximate surface area is 169 Å². The van der Waals surface area contributed by atoms with Crippen molar-refractivity contribution >= 4 is 21.8 Å². The maximum atomic E-state index is 12.9. The normalized spacial score (nSPS) is 17.3. The Balaban J connectivity index is 1.45. The Morgan fingerprint density at radius 3 is 2.34 bits per heavy atom. The van der Waals surface area contributed by atoms with Gasteiger partial charge < -0.3 is 15.2 Å². The number of carbonyl (C=O) groups excluding carboxylic acids is 2. The van der Waals surface area contributed by atoms with Crippen LogP contribution in [-0.2, 0) is 29.9 Å². The molecule has 2 aromatic rings. The first-order chi connectivity index (χ1) is 13.8. The lowest BCUT2D eigenvalue weighted by atomic mass is 10.1. The molecule has 1 aliphatic heterocycles. The maximum absolute atomic E-state index is 12.9. The maximum Gasteiger partial charge on any atom is 0.265 e. The highest BCUT2D eigenvalue weighted by molar-refractivity contribution is 7.89. The van der Waals surface area contributed by atoms with Crippen LogP contribution in [0.15, 0.2) is 35.4 Å². The fraction of sp³-hybridized carbons (Fsp3) is 0.400. The summed E-state index contributed by atoms with van der Waals surface area (Å²) in [5, 5.41) is 0.